The van der Waals surface area contributed by atoms with Crippen molar-refractivity contribution in [2.75, 3.05) is 18.0 Å². The van der Waals surface area contributed by atoms with Crippen LogP contribution in [0, 0.1) is 0 Å². The van der Waals surface area contributed by atoms with Gasteiger partial charge in [-0.2, -0.15) is 0 Å². The van der Waals surface area contributed by atoms with Crippen LogP contribution in [0.5, 0.6) is 0 Å². The largest absolute Gasteiger partial charge is 0.481 e. The van der Waals surface area contributed by atoms with Gasteiger partial charge in [0.15, 0.2) is 0 Å². The summed E-state index contributed by atoms with van der Waals surface area (Å²) in [5.41, 5.74) is 7.71. The van der Waals surface area contributed by atoms with Crippen LogP contribution in [0.2, 0.25) is 0 Å². The molecular formula is C12H15N3O2. The third kappa shape index (κ3) is 2.62. The zero-order valence-electron chi connectivity index (χ0n) is 9.41. The minimum Gasteiger partial charge on any atom is -0.481 e. The maximum Gasteiger partial charge on any atom is 0.305 e. The van der Waals surface area contributed by atoms with Gasteiger partial charge in [-0.3, -0.25) is 9.79 Å². The molecule has 90 valence electrons. The normalized spacial score (nSPS) is 16.2. The van der Waals surface area contributed by atoms with Crippen LogP contribution >= 0.6 is 0 Å². The second kappa shape index (κ2) is 4.97. The van der Waals surface area contributed by atoms with Crippen molar-refractivity contribution in [2.45, 2.75) is 12.5 Å². The van der Waals surface area contributed by atoms with Crippen LogP contribution in [-0.2, 0) is 4.79 Å². The van der Waals surface area contributed by atoms with Crippen molar-refractivity contribution >= 4 is 18.0 Å². The zero-order valence-corrected chi connectivity index (χ0v) is 9.41. The molecule has 1 unspecified atom stereocenters. The summed E-state index contributed by atoms with van der Waals surface area (Å²) in [7, 11) is 0. The molecule has 17 heavy (non-hydrogen) atoms. The molecule has 5 heteroatoms. The highest BCUT2D eigenvalue weighted by Crippen LogP contribution is 2.27. The van der Waals surface area contributed by atoms with Crippen LogP contribution in [0.15, 0.2) is 29.3 Å². The Hall–Kier alpha value is -1.88. The van der Waals surface area contributed by atoms with Gasteiger partial charge in [-0.1, -0.05) is 18.2 Å². The third-order valence-corrected chi connectivity index (χ3v) is 2.73. The van der Waals surface area contributed by atoms with Gasteiger partial charge in [0, 0.05) is 18.3 Å². The van der Waals surface area contributed by atoms with Gasteiger partial charge in [0.1, 0.15) is 0 Å². The molecule has 0 saturated heterocycles. The number of nitrogens with zero attached hydrogens (tertiary/aromatic N) is 2. The van der Waals surface area contributed by atoms with E-state index in [4.69, 9.17) is 10.8 Å². The number of hydrogen-bond donors (Lipinski definition) is 2. The molecule has 1 heterocycles. The summed E-state index contributed by atoms with van der Waals surface area (Å²) < 4.78 is 0. The van der Waals surface area contributed by atoms with Crippen molar-refractivity contribution in [1.29, 1.82) is 0 Å². The molecule has 1 aliphatic rings. The molecule has 0 aliphatic carbocycles. The molecule has 0 amide bonds. The number of rotatable bonds is 4. The van der Waals surface area contributed by atoms with Crippen molar-refractivity contribution in [3.8, 4) is 0 Å². The number of carboxylic acids is 1. The fourth-order valence-electron chi connectivity index (χ4n) is 1.92. The number of aliphatic carboxylic acids is 1. The van der Waals surface area contributed by atoms with Crippen LogP contribution in [-0.4, -0.2) is 30.5 Å². The second-order valence-corrected chi connectivity index (χ2v) is 3.98. The molecule has 1 atom stereocenters. The van der Waals surface area contributed by atoms with Gasteiger partial charge in [-0.25, -0.2) is 0 Å². The minimum atomic E-state index is -0.887. The van der Waals surface area contributed by atoms with Gasteiger partial charge in [-0.05, 0) is 11.6 Å². The Labute approximate surface area is 99.6 Å². The Morgan fingerprint density at radius 3 is 2.94 bits per heavy atom. The van der Waals surface area contributed by atoms with Crippen molar-refractivity contribution in [3.63, 3.8) is 0 Å². The van der Waals surface area contributed by atoms with Crippen LogP contribution in [0.1, 0.15) is 18.0 Å². The minimum absolute atomic E-state index is 0.0675. The lowest BCUT2D eigenvalue weighted by molar-refractivity contribution is -0.137. The molecule has 0 radical (unpaired) electrons. The molecule has 1 aromatic rings. The molecule has 1 aliphatic heterocycles. The van der Waals surface area contributed by atoms with E-state index >= 15 is 0 Å². The second-order valence-electron chi connectivity index (χ2n) is 3.98. The van der Waals surface area contributed by atoms with Gasteiger partial charge in [0.2, 0.25) is 0 Å². The predicted molar refractivity (Wildman–Crippen MR) is 66.3 cm³/mol. The summed E-state index contributed by atoms with van der Waals surface area (Å²) in [6.07, 6.45) is 1.70. The van der Waals surface area contributed by atoms with E-state index in [9.17, 15) is 4.79 Å². The smallest absolute Gasteiger partial charge is 0.305 e. The van der Waals surface area contributed by atoms with E-state index in [1.807, 2.05) is 29.2 Å². The van der Waals surface area contributed by atoms with Crippen molar-refractivity contribution in [3.05, 3.63) is 29.8 Å². The van der Waals surface area contributed by atoms with Crippen LogP contribution in [0.25, 0.3) is 0 Å². The first-order valence-corrected chi connectivity index (χ1v) is 5.51. The fraction of sp³-hybridized carbons (Fsp3) is 0.333. The Balaban J connectivity index is 2.26. The lowest BCUT2D eigenvalue weighted by Crippen LogP contribution is -2.23. The first kappa shape index (κ1) is 11.6. The molecule has 0 fully saturated rings. The molecular weight excluding hydrogens is 218 g/mol. The fourth-order valence-corrected chi connectivity index (χ4v) is 1.92. The number of benzene rings is 1. The summed E-state index contributed by atoms with van der Waals surface area (Å²) in [6, 6.07) is 7.10. The number of anilines is 1. The Morgan fingerprint density at radius 2 is 2.29 bits per heavy atom. The topological polar surface area (TPSA) is 78.9 Å². The van der Waals surface area contributed by atoms with E-state index in [-0.39, 0.29) is 6.42 Å². The van der Waals surface area contributed by atoms with E-state index in [1.54, 1.807) is 6.34 Å². The van der Waals surface area contributed by atoms with Crippen molar-refractivity contribution < 1.29 is 9.90 Å². The molecule has 3 N–H and O–H groups in total. The van der Waals surface area contributed by atoms with Crippen LogP contribution in [0.3, 0.4) is 0 Å². The highest BCUT2D eigenvalue weighted by Gasteiger charge is 2.18. The van der Waals surface area contributed by atoms with Gasteiger partial charge in [-0.15, -0.1) is 0 Å². The first-order valence-electron chi connectivity index (χ1n) is 5.51. The number of hydrogen-bond acceptors (Lipinski definition) is 4. The highest BCUT2D eigenvalue weighted by molar-refractivity contribution is 5.83. The van der Waals surface area contributed by atoms with Gasteiger partial charge < -0.3 is 15.7 Å². The van der Waals surface area contributed by atoms with Crippen molar-refractivity contribution in [2.24, 2.45) is 10.7 Å². The summed E-state index contributed by atoms with van der Waals surface area (Å²) in [6.45, 7) is 1.58. The average Bonchev–Trinajstić information content (AvgIpc) is 2.81. The lowest BCUT2D eigenvalue weighted by atomic mass is 10.0. The molecule has 1 aromatic carbocycles. The molecule has 5 nitrogen and oxygen atoms in total. The maximum absolute atomic E-state index is 10.7. The van der Waals surface area contributed by atoms with E-state index < -0.39 is 12.0 Å². The van der Waals surface area contributed by atoms with E-state index in [2.05, 4.69) is 4.99 Å². The Morgan fingerprint density at radius 1 is 1.53 bits per heavy atom. The summed E-state index contributed by atoms with van der Waals surface area (Å²) in [5, 5.41) is 8.78. The van der Waals surface area contributed by atoms with Gasteiger partial charge in [0.05, 0.1) is 19.3 Å². The number of nitrogens with two attached hydrogens (primary N) is 1. The van der Waals surface area contributed by atoms with Gasteiger partial charge in [0.25, 0.3) is 0 Å². The summed E-state index contributed by atoms with van der Waals surface area (Å²) >= 11 is 0. The molecule has 0 bridgehead atoms. The number of aliphatic imine (C=N–C) groups is 1. The highest BCUT2D eigenvalue weighted by atomic mass is 16.4. The molecule has 2 rings (SSSR count). The molecule has 0 spiro atoms. The Kier molecular flexibility index (Phi) is 3.39. The van der Waals surface area contributed by atoms with E-state index in [1.165, 1.54) is 0 Å². The maximum atomic E-state index is 10.7. The molecule has 0 aromatic heterocycles. The zero-order chi connectivity index (χ0) is 12.3. The van der Waals surface area contributed by atoms with Gasteiger partial charge >= 0.3 is 5.97 Å². The van der Waals surface area contributed by atoms with Crippen LogP contribution < -0.4 is 10.6 Å². The van der Waals surface area contributed by atoms with Crippen molar-refractivity contribution in [1.82, 2.24) is 0 Å². The SMILES string of the molecule is NC(CC(=O)O)c1ccccc1N1C=NCC1. The number of para-hydroxylation sites is 1. The standard InChI is InChI=1S/C12H15N3O2/c13-10(7-12(16)17)9-3-1-2-4-11(9)15-6-5-14-8-15/h1-4,8,10H,5-7,13H2,(H,16,17). The number of carboxylic acid groups (broad SMARTS) is 1. The predicted octanol–water partition coefficient (Wildman–Crippen LogP) is 1.01. The van der Waals surface area contributed by atoms with E-state index in [0.29, 0.717) is 0 Å². The molecule has 0 saturated carbocycles. The lowest BCUT2D eigenvalue weighted by Gasteiger charge is -2.21. The first-order chi connectivity index (χ1) is 8.18. The summed E-state index contributed by atoms with van der Waals surface area (Å²) in [4.78, 5) is 16.8. The van der Waals surface area contributed by atoms with Crippen LogP contribution in [0.4, 0.5) is 5.69 Å². The third-order valence-electron chi connectivity index (χ3n) is 2.73. The average molecular weight is 233 g/mol. The quantitative estimate of drug-likeness (QED) is 0.813. The summed E-state index contributed by atoms with van der Waals surface area (Å²) in [5.74, 6) is -0.887. The number of carbonyl (C=O) groups is 1. The van der Waals surface area contributed by atoms with E-state index in [0.717, 1.165) is 24.3 Å². The Bertz CT molecular complexity index is 445. The monoisotopic (exact) mass is 233 g/mol.